The van der Waals surface area contributed by atoms with Gasteiger partial charge in [0.15, 0.2) is 0 Å². The topological polar surface area (TPSA) is 29.5 Å². The van der Waals surface area contributed by atoms with Crippen LogP contribution in [-0.2, 0) is 4.74 Å². The molecule has 1 aliphatic rings. The molecule has 0 unspecified atom stereocenters. The van der Waals surface area contributed by atoms with E-state index in [1.54, 1.807) is 0 Å². The summed E-state index contributed by atoms with van der Waals surface area (Å²) < 4.78 is 5.36. The fourth-order valence-electron chi connectivity index (χ4n) is 1.55. The van der Waals surface area contributed by atoms with Gasteiger partial charge in [-0.15, -0.1) is 0 Å². The Balaban J connectivity index is 2.26. The molecule has 2 nitrogen and oxygen atoms in total. The van der Waals surface area contributed by atoms with E-state index in [4.69, 9.17) is 4.74 Å². The Labute approximate surface area is 68.6 Å². The normalized spacial score (nSPS) is 37.4. The molecule has 66 valence electrons. The standard InChI is InChI=1S/C9H18O2/c1-4-11-8-5-9(10,6-8)7(2)3/h7-8,10H,4-6H2,1-3H3. The Morgan fingerprint density at radius 1 is 1.55 bits per heavy atom. The Morgan fingerprint density at radius 3 is 2.45 bits per heavy atom. The highest BCUT2D eigenvalue weighted by Crippen LogP contribution is 2.39. The van der Waals surface area contributed by atoms with Crippen molar-refractivity contribution in [2.45, 2.75) is 45.3 Å². The van der Waals surface area contributed by atoms with E-state index < -0.39 is 5.60 Å². The van der Waals surface area contributed by atoms with Crippen LogP contribution in [0, 0.1) is 5.92 Å². The van der Waals surface area contributed by atoms with Gasteiger partial charge in [0, 0.05) is 19.4 Å². The molecule has 0 bridgehead atoms. The van der Waals surface area contributed by atoms with Crippen LogP contribution in [0.1, 0.15) is 33.6 Å². The van der Waals surface area contributed by atoms with Crippen LogP contribution >= 0.6 is 0 Å². The maximum Gasteiger partial charge on any atom is 0.0719 e. The lowest BCUT2D eigenvalue weighted by molar-refractivity contribution is -0.159. The molecule has 0 spiro atoms. The quantitative estimate of drug-likeness (QED) is 0.675. The molecule has 1 rings (SSSR count). The van der Waals surface area contributed by atoms with Crippen molar-refractivity contribution >= 4 is 0 Å². The molecule has 1 aliphatic carbocycles. The zero-order chi connectivity index (χ0) is 8.48. The van der Waals surface area contributed by atoms with Gasteiger partial charge >= 0.3 is 0 Å². The molecule has 0 atom stereocenters. The van der Waals surface area contributed by atoms with E-state index in [9.17, 15) is 5.11 Å². The second-order valence-corrected chi connectivity index (χ2v) is 3.74. The van der Waals surface area contributed by atoms with E-state index in [1.807, 2.05) is 6.92 Å². The molecule has 0 aromatic carbocycles. The second-order valence-electron chi connectivity index (χ2n) is 3.74. The van der Waals surface area contributed by atoms with E-state index in [-0.39, 0.29) is 0 Å². The number of hydrogen-bond donors (Lipinski definition) is 1. The van der Waals surface area contributed by atoms with Crippen LogP contribution in [-0.4, -0.2) is 23.4 Å². The summed E-state index contributed by atoms with van der Waals surface area (Å²) in [5, 5.41) is 9.80. The van der Waals surface area contributed by atoms with Crippen molar-refractivity contribution in [3.8, 4) is 0 Å². The molecule has 0 aliphatic heterocycles. The summed E-state index contributed by atoms with van der Waals surface area (Å²) in [5.74, 6) is 0.360. The number of hydrogen-bond acceptors (Lipinski definition) is 2. The largest absolute Gasteiger partial charge is 0.389 e. The summed E-state index contributed by atoms with van der Waals surface area (Å²) in [6, 6.07) is 0. The van der Waals surface area contributed by atoms with Crippen LogP contribution in [0.2, 0.25) is 0 Å². The van der Waals surface area contributed by atoms with E-state index in [0.29, 0.717) is 12.0 Å². The zero-order valence-corrected chi connectivity index (χ0v) is 7.63. The van der Waals surface area contributed by atoms with Crippen molar-refractivity contribution in [2.24, 2.45) is 5.92 Å². The zero-order valence-electron chi connectivity index (χ0n) is 7.63. The molecular weight excluding hydrogens is 140 g/mol. The smallest absolute Gasteiger partial charge is 0.0719 e. The molecular formula is C9H18O2. The molecule has 2 heteroatoms. The first-order chi connectivity index (χ1) is 5.08. The average molecular weight is 158 g/mol. The van der Waals surface area contributed by atoms with Crippen molar-refractivity contribution < 1.29 is 9.84 Å². The lowest BCUT2D eigenvalue weighted by Gasteiger charge is -2.46. The summed E-state index contributed by atoms with van der Waals surface area (Å²) in [6.45, 7) is 6.87. The molecule has 0 radical (unpaired) electrons. The lowest BCUT2D eigenvalue weighted by Crippen LogP contribution is -2.51. The first-order valence-electron chi connectivity index (χ1n) is 4.42. The van der Waals surface area contributed by atoms with Crippen molar-refractivity contribution in [2.75, 3.05) is 6.61 Å². The minimum atomic E-state index is -0.431. The SMILES string of the molecule is CCOC1CC(O)(C(C)C)C1. The summed E-state index contributed by atoms with van der Waals surface area (Å²) in [7, 11) is 0. The van der Waals surface area contributed by atoms with Crippen molar-refractivity contribution in [3.63, 3.8) is 0 Å². The molecule has 0 aromatic rings. The van der Waals surface area contributed by atoms with Gasteiger partial charge in [0.2, 0.25) is 0 Å². The molecule has 0 amide bonds. The van der Waals surface area contributed by atoms with Crippen molar-refractivity contribution in [1.29, 1.82) is 0 Å². The number of ether oxygens (including phenoxy) is 1. The third-order valence-corrected chi connectivity index (χ3v) is 2.64. The van der Waals surface area contributed by atoms with Crippen LogP contribution in [0.25, 0.3) is 0 Å². The molecule has 1 N–H and O–H groups in total. The highest BCUT2D eigenvalue weighted by atomic mass is 16.5. The first kappa shape index (κ1) is 9.01. The van der Waals surface area contributed by atoms with Crippen LogP contribution < -0.4 is 0 Å². The Bertz CT molecular complexity index is 126. The Hall–Kier alpha value is -0.0800. The van der Waals surface area contributed by atoms with Gasteiger partial charge in [-0.3, -0.25) is 0 Å². The maximum atomic E-state index is 9.80. The summed E-state index contributed by atoms with van der Waals surface area (Å²) in [6.07, 6.45) is 1.95. The molecule has 0 aromatic heterocycles. The van der Waals surface area contributed by atoms with Gasteiger partial charge in [-0.1, -0.05) is 13.8 Å². The predicted molar refractivity (Wildman–Crippen MR) is 44.4 cm³/mol. The van der Waals surface area contributed by atoms with Gasteiger partial charge in [-0.25, -0.2) is 0 Å². The van der Waals surface area contributed by atoms with Gasteiger partial charge in [0.25, 0.3) is 0 Å². The first-order valence-corrected chi connectivity index (χ1v) is 4.42. The van der Waals surface area contributed by atoms with Crippen molar-refractivity contribution in [1.82, 2.24) is 0 Å². The van der Waals surface area contributed by atoms with Crippen LogP contribution in [0.3, 0.4) is 0 Å². The van der Waals surface area contributed by atoms with Gasteiger partial charge in [0.05, 0.1) is 11.7 Å². The van der Waals surface area contributed by atoms with Gasteiger partial charge in [-0.05, 0) is 12.8 Å². The predicted octanol–water partition coefficient (Wildman–Crippen LogP) is 1.57. The molecule has 11 heavy (non-hydrogen) atoms. The molecule has 1 saturated carbocycles. The Morgan fingerprint density at radius 2 is 2.09 bits per heavy atom. The number of rotatable bonds is 3. The third kappa shape index (κ3) is 1.74. The fourth-order valence-corrected chi connectivity index (χ4v) is 1.55. The molecule has 0 saturated heterocycles. The highest BCUT2D eigenvalue weighted by molar-refractivity contribution is 4.97. The summed E-state index contributed by atoms with van der Waals surface area (Å²) in [5.41, 5.74) is -0.431. The lowest BCUT2D eigenvalue weighted by atomic mass is 9.70. The maximum absolute atomic E-state index is 9.80. The summed E-state index contributed by atoms with van der Waals surface area (Å²) >= 11 is 0. The van der Waals surface area contributed by atoms with Crippen LogP contribution in [0.5, 0.6) is 0 Å². The van der Waals surface area contributed by atoms with Crippen LogP contribution in [0.4, 0.5) is 0 Å². The Kier molecular flexibility index (Phi) is 2.55. The van der Waals surface area contributed by atoms with E-state index in [1.165, 1.54) is 0 Å². The monoisotopic (exact) mass is 158 g/mol. The number of aliphatic hydroxyl groups is 1. The van der Waals surface area contributed by atoms with E-state index in [0.717, 1.165) is 19.4 Å². The van der Waals surface area contributed by atoms with Crippen molar-refractivity contribution in [3.05, 3.63) is 0 Å². The summed E-state index contributed by atoms with van der Waals surface area (Å²) in [4.78, 5) is 0. The molecule has 1 fully saturated rings. The van der Waals surface area contributed by atoms with Gasteiger partial charge in [-0.2, -0.15) is 0 Å². The van der Waals surface area contributed by atoms with E-state index >= 15 is 0 Å². The minimum Gasteiger partial charge on any atom is -0.389 e. The second kappa shape index (κ2) is 3.11. The third-order valence-electron chi connectivity index (χ3n) is 2.64. The highest BCUT2D eigenvalue weighted by Gasteiger charge is 2.45. The van der Waals surface area contributed by atoms with Gasteiger partial charge in [0.1, 0.15) is 0 Å². The minimum absolute atomic E-state index is 0.312. The average Bonchev–Trinajstić information content (AvgIpc) is 1.84. The van der Waals surface area contributed by atoms with E-state index in [2.05, 4.69) is 13.8 Å². The fraction of sp³-hybridized carbons (Fsp3) is 1.00. The molecule has 0 heterocycles. The van der Waals surface area contributed by atoms with Crippen LogP contribution in [0.15, 0.2) is 0 Å². The van der Waals surface area contributed by atoms with Gasteiger partial charge < -0.3 is 9.84 Å².